The van der Waals surface area contributed by atoms with Gasteiger partial charge in [0.05, 0.1) is 6.20 Å². The summed E-state index contributed by atoms with van der Waals surface area (Å²) in [6.07, 6.45) is 9.40. The molecule has 0 saturated carbocycles. The average Bonchev–Trinajstić information content (AvgIpc) is 3.24. The summed E-state index contributed by atoms with van der Waals surface area (Å²) < 4.78 is 2.01. The number of H-pyrrole nitrogens is 2. The molecule has 0 aliphatic carbocycles. The molecule has 0 radical (unpaired) electrons. The lowest BCUT2D eigenvalue weighted by Gasteiger charge is -2.06. The van der Waals surface area contributed by atoms with Gasteiger partial charge in [-0.05, 0) is 30.3 Å². The molecule has 6 rings (SSSR count). The molecule has 4 heterocycles. The van der Waals surface area contributed by atoms with Crippen molar-refractivity contribution in [3.05, 3.63) is 103 Å². The van der Waals surface area contributed by atoms with Gasteiger partial charge in [-0.15, -0.1) is 0 Å². The molecule has 0 fully saturated rings. The molecule has 152 valence electrons. The molecule has 32 heavy (non-hydrogen) atoms. The molecule has 3 N–H and O–H groups in total. The minimum absolute atomic E-state index is 0.200. The summed E-state index contributed by atoms with van der Waals surface area (Å²) in [6.45, 7) is 0. The summed E-state index contributed by atoms with van der Waals surface area (Å²) in [6, 6.07) is 21.7. The predicted molar refractivity (Wildman–Crippen MR) is 123 cm³/mol. The largest absolute Gasteiger partial charge is 0.318 e. The molecule has 6 aromatic rings. The molecule has 0 aliphatic heterocycles. The Balaban J connectivity index is 1.50. The van der Waals surface area contributed by atoms with E-state index in [9.17, 15) is 4.79 Å². The number of hydrogen-bond acceptors (Lipinski definition) is 2. The zero-order chi connectivity index (χ0) is 21.5. The molecule has 0 saturated heterocycles. The monoisotopic (exact) mass is 417 g/mol. The lowest BCUT2D eigenvalue weighted by molar-refractivity contribution is -0.498. The molecule has 1 amide bonds. The van der Waals surface area contributed by atoms with Gasteiger partial charge in [-0.1, -0.05) is 36.4 Å². The van der Waals surface area contributed by atoms with Gasteiger partial charge in [0, 0.05) is 39.6 Å². The Hall–Kier alpha value is -4.58. The second kappa shape index (κ2) is 7.28. The fourth-order valence-electron chi connectivity index (χ4n) is 4.23. The third-order valence-corrected chi connectivity index (χ3v) is 5.73. The number of aromatic nitrogens is 4. The van der Waals surface area contributed by atoms with E-state index in [1.807, 2.05) is 77.6 Å². The molecule has 0 bridgehead atoms. The van der Waals surface area contributed by atoms with E-state index >= 15 is 0 Å². The van der Waals surface area contributed by atoms with Crippen LogP contribution in [-0.2, 0) is 0 Å². The lowest BCUT2D eigenvalue weighted by Crippen LogP contribution is -2.22. The van der Waals surface area contributed by atoms with E-state index in [0.29, 0.717) is 5.69 Å². The van der Waals surface area contributed by atoms with Crippen molar-refractivity contribution in [2.45, 2.75) is 0 Å². The van der Waals surface area contributed by atoms with E-state index in [4.69, 9.17) is 0 Å². The molecule has 4 aromatic heterocycles. The number of carbonyl (C=O) groups excluding carboxylic acids is 1. The Labute approximate surface area is 183 Å². The number of hydrogen-bond donors (Lipinski definition) is 2. The first-order valence-electron chi connectivity index (χ1n) is 10.4. The Morgan fingerprint density at radius 3 is 2.75 bits per heavy atom. The number of aromatic amines is 2. The summed E-state index contributed by atoms with van der Waals surface area (Å²) in [7, 11) is 0. The standard InChI is InChI=1S/C26H17N5O/c32-26(29-22-9-5-7-18-14-27-12-11-20(18)22)24-23-10-3-4-13-31(23)25(30-24)21-16-28-15-17-6-1-2-8-19(17)21/h1-16H,(H,29,32)/p+2. The summed E-state index contributed by atoms with van der Waals surface area (Å²) >= 11 is 0. The molecular weight excluding hydrogens is 398 g/mol. The molecule has 6 heteroatoms. The highest BCUT2D eigenvalue weighted by Crippen LogP contribution is 2.26. The van der Waals surface area contributed by atoms with Crippen LogP contribution in [0, 0.1) is 0 Å². The summed E-state index contributed by atoms with van der Waals surface area (Å²) in [5.41, 5.74) is 3.03. The summed E-state index contributed by atoms with van der Waals surface area (Å²) in [5, 5.41) is 7.19. The lowest BCUT2D eigenvalue weighted by atomic mass is 10.1. The minimum Gasteiger partial charge on any atom is -0.318 e. The molecule has 0 spiro atoms. The number of amides is 1. The number of rotatable bonds is 3. The van der Waals surface area contributed by atoms with Crippen LogP contribution in [0.1, 0.15) is 10.5 Å². The Morgan fingerprint density at radius 2 is 1.78 bits per heavy atom. The van der Waals surface area contributed by atoms with Gasteiger partial charge in [-0.2, -0.15) is 4.40 Å². The number of fused-ring (bicyclic) bond motifs is 3. The van der Waals surface area contributed by atoms with Crippen LogP contribution in [0.3, 0.4) is 0 Å². The number of imidazole rings is 1. The van der Waals surface area contributed by atoms with E-state index in [-0.39, 0.29) is 5.91 Å². The highest BCUT2D eigenvalue weighted by Gasteiger charge is 2.27. The molecular formula is C26H19N5O+2. The van der Waals surface area contributed by atoms with Crippen molar-refractivity contribution in [2.75, 3.05) is 5.32 Å². The van der Waals surface area contributed by atoms with Gasteiger partial charge in [0.2, 0.25) is 5.69 Å². The topological polar surface area (TPSA) is 76.0 Å². The molecule has 6 nitrogen and oxygen atoms in total. The van der Waals surface area contributed by atoms with Gasteiger partial charge in [-0.25, -0.2) is 9.97 Å². The van der Waals surface area contributed by atoms with Crippen molar-refractivity contribution in [1.29, 1.82) is 0 Å². The van der Waals surface area contributed by atoms with Crippen molar-refractivity contribution in [2.24, 2.45) is 0 Å². The van der Waals surface area contributed by atoms with Crippen LogP contribution in [0.2, 0.25) is 0 Å². The van der Waals surface area contributed by atoms with Gasteiger partial charge in [0.15, 0.2) is 17.9 Å². The first-order valence-corrected chi connectivity index (χ1v) is 10.4. The van der Waals surface area contributed by atoms with Crippen LogP contribution in [0.4, 0.5) is 5.69 Å². The third-order valence-electron chi connectivity index (χ3n) is 5.73. The fourth-order valence-corrected chi connectivity index (χ4v) is 4.23. The minimum atomic E-state index is -0.200. The van der Waals surface area contributed by atoms with Crippen LogP contribution < -0.4 is 14.7 Å². The van der Waals surface area contributed by atoms with Gasteiger partial charge in [-0.3, -0.25) is 9.78 Å². The summed E-state index contributed by atoms with van der Waals surface area (Å²) in [5.74, 6) is 0.634. The van der Waals surface area contributed by atoms with E-state index in [1.165, 1.54) is 0 Å². The van der Waals surface area contributed by atoms with Crippen molar-refractivity contribution in [3.63, 3.8) is 0 Å². The molecule has 0 atom stereocenters. The first kappa shape index (κ1) is 18.2. The van der Waals surface area contributed by atoms with Crippen LogP contribution in [-0.4, -0.2) is 15.9 Å². The van der Waals surface area contributed by atoms with Crippen molar-refractivity contribution < 1.29 is 14.2 Å². The maximum Gasteiger partial charge on any atom is 0.300 e. The van der Waals surface area contributed by atoms with Crippen LogP contribution >= 0.6 is 0 Å². The Kier molecular flexibility index (Phi) is 4.14. The number of pyridine rings is 3. The van der Waals surface area contributed by atoms with Crippen LogP contribution in [0.25, 0.3) is 38.4 Å². The second-order valence-corrected chi connectivity index (χ2v) is 7.62. The van der Waals surface area contributed by atoms with E-state index < -0.39 is 0 Å². The Bertz CT molecular complexity index is 1630. The Morgan fingerprint density at radius 1 is 0.906 bits per heavy atom. The van der Waals surface area contributed by atoms with Gasteiger partial charge in [0.1, 0.15) is 5.56 Å². The number of carbonyl (C=O) groups is 1. The van der Waals surface area contributed by atoms with Crippen molar-refractivity contribution >= 4 is 38.7 Å². The maximum absolute atomic E-state index is 13.4. The van der Waals surface area contributed by atoms with E-state index in [1.54, 1.807) is 12.4 Å². The van der Waals surface area contributed by atoms with Crippen LogP contribution in [0.5, 0.6) is 0 Å². The summed E-state index contributed by atoms with van der Waals surface area (Å²) in [4.78, 5) is 24.2. The highest BCUT2D eigenvalue weighted by molar-refractivity contribution is 6.11. The predicted octanol–water partition coefficient (Wildman–Crippen LogP) is 4.19. The first-order chi connectivity index (χ1) is 15.8. The number of anilines is 1. The molecule has 0 unspecified atom stereocenters. The van der Waals surface area contributed by atoms with Crippen LogP contribution in [0.15, 0.2) is 97.7 Å². The molecule has 0 aliphatic rings. The number of benzene rings is 2. The highest BCUT2D eigenvalue weighted by atomic mass is 16.1. The van der Waals surface area contributed by atoms with Gasteiger partial charge in [0.25, 0.3) is 11.7 Å². The van der Waals surface area contributed by atoms with E-state index in [0.717, 1.165) is 44.1 Å². The fraction of sp³-hybridized carbons (Fsp3) is 0. The number of nitrogens with zero attached hydrogens (tertiary/aromatic N) is 2. The smallest absolute Gasteiger partial charge is 0.300 e. The molecule has 2 aromatic carbocycles. The second-order valence-electron chi connectivity index (χ2n) is 7.62. The van der Waals surface area contributed by atoms with Crippen molar-refractivity contribution in [1.82, 2.24) is 9.97 Å². The van der Waals surface area contributed by atoms with E-state index in [2.05, 4.69) is 32.4 Å². The normalized spacial score (nSPS) is 11.2. The van der Waals surface area contributed by atoms with Crippen molar-refractivity contribution in [3.8, 4) is 11.4 Å². The van der Waals surface area contributed by atoms with Gasteiger partial charge < -0.3 is 5.32 Å². The number of nitrogens with one attached hydrogen (secondary N) is 3. The average molecular weight is 417 g/mol. The maximum atomic E-state index is 13.4. The van der Waals surface area contributed by atoms with Gasteiger partial charge >= 0.3 is 0 Å². The third kappa shape index (κ3) is 2.89. The zero-order valence-corrected chi connectivity index (χ0v) is 17.0. The quantitative estimate of drug-likeness (QED) is 0.424. The SMILES string of the molecule is O=C(Nc1cccc2cnccc12)c1[nH]c(-c2c[nH+]cc3ccccc23)[n+]2ccccc12. The zero-order valence-electron chi connectivity index (χ0n) is 17.0.